The number of nitrogen functional groups attached to an aromatic ring is 1. The number of hydrogen-bond acceptors (Lipinski definition) is 5. The summed E-state index contributed by atoms with van der Waals surface area (Å²) in [5.41, 5.74) is 8.15. The van der Waals surface area contributed by atoms with Gasteiger partial charge in [-0.25, -0.2) is 14.8 Å². The third kappa shape index (κ3) is 2.50. The maximum atomic E-state index is 12.8. The Hall–Kier alpha value is -3.19. The minimum atomic E-state index is -0.412. The number of fused-ring (bicyclic) bond motifs is 5. The summed E-state index contributed by atoms with van der Waals surface area (Å²) < 4.78 is 8.40. The average molecular weight is 421 g/mol. The lowest BCUT2D eigenvalue weighted by molar-refractivity contribution is 0.553. The lowest BCUT2D eigenvalue weighted by atomic mass is 10.1. The Morgan fingerprint density at radius 2 is 1.96 bits per heavy atom. The van der Waals surface area contributed by atoms with Gasteiger partial charge >= 0.3 is 5.63 Å². The number of hydrogen-bond donors (Lipinski definition) is 1. The highest BCUT2D eigenvalue weighted by Gasteiger charge is 2.19. The Morgan fingerprint density at radius 1 is 1.07 bits per heavy atom. The lowest BCUT2D eigenvalue weighted by Gasteiger charge is -2.07. The molecule has 0 aliphatic rings. The first-order valence-electron chi connectivity index (χ1n) is 8.31. The van der Waals surface area contributed by atoms with E-state index >= 15 is 0 Å². The number of halogens is 1. The number of aromatic nitrogens is 3. The van der Waals surface area contributed by atoms with Gasteiger partial charge in [0.05, 0.1) is 0 Å². The summed E-state index contributed by atoms with van der Waals surface area (Å²) in [6.45, 7) is 0.477. The monoisotopic (exact) mass is 420 g/mol. The first-order valence-corrected chi connectivity index (χ1v) is 9.11. The topological polar surface area (TPSA) is 86.9 Å². The SMILES string of the molecule is Nc1cc(Cn2c3ccc(Br)cc3c3c4cccnc4oc(=O)c32)ccn1. The largest absolute Gasteiger partial charge is 0.402 e. The minimum absolute atomic E-state index is 0.335. The van der Waals surface area contributed by atoms with Crippen LogP contribution < -0.4 is 11.4 Å². The van der Waals surface area contributed by atoms with Crippen LogP contribution in [0.5, 0.6) is 0 Å². The predicted molar refractivity (Wildman–Crippen MR) is 109 cm³/mol. The van der Waals surface area contributed by atoms with Crippen molar-refractivity contribution in [3.05, 3.63) is 75.3 Å². The van der Waals surface area contributed by atoms with Crippen LogP contribution in [0.25, 0.3) is 32.9 Å². The van der Waals surface area contributed by atoms with Gasteiger partial charge in [0, 0.05) is 45.1 Å². The first kappa shape index (κ1) is 16.0. The van der Waals surface area contributed by atoms with Crippen molar-refractivity contribution in [3.63, 3.8) is 0 Å². The fourth-order valence-electron chi connectivity index (χ4n) is 3.55. The molecule has 6 nitrogen and oxygen atoms in total. The Kier molecular flexibility index (Phi) is 3.51. The van der Waals surface area contributed by atoms with Gasteiger partial charge in [0.25, 0.3) is 0 Å². The van der Waals surface area contributed by atoms with Gasteiger partial charge in [-0.1, -0.05) is 15.9 Å². The number of nitrogens with two attached hydrogens (primary N) is 1. The zero-order chi connectivity index (χ0) is 18.5. The Morgan fingerprint density at radius 3 is 2.81 bits per heavy atom. The van der Waals surface area contributed by atoms with Crippen LogP contribution in [0.3, 0.4) is 0 Å². The molecule has 0 unspecified atom stereocenters. The molecule has 0 fully saturated rings. The molecule has 0 aliphatic carbocycles. The third-order valence-electron chi connectivity index (χ3n) is 4.63. The van der Waals surface area contributed by atoms with E-state index in [-0.39, 0.29) is 0 Å². The van der Waals surface area contributed by atoms with Crippen molar-refractivity contribution in [3.8, 4) is 0 Å². The lowest BCUT2D eigenvalue weighted by Crippen LogP contribution is -2.09. The molecule has 0 saturated carbocycles. The van der Waals surface area contributed by atoms with E-state index in [1.54, 1.807) is 18.5 Å². The highest BCUT2D eigenvalue weighted by Crippen LogP contribution is 2.34. The standard InChI is InChI=1S/C20H13BrN4O2/c21-12-3-4-15-14(9-12)17-13-2-1-6-24-19(13)27-20(26)18(17)25(15)10-11-5-7-23-16(22)8-11/h1-9H,10H2,(H2,22,23). The summed E-state index contributed by atoms with van der Waals surface area (Å²) >= 11 is 3.54. The molecule has 4 aromatic heterocycles. The molecule has 0 saturated heterocycles. The molecule has 4 heterocycles. The van der Waals surface area contributed by atoms with Crippen LogP contribution >= 0.6 is 15.9 Å². The second-order valence-corrected chi connectivity index (χ2v) is 7.22. The first-order chi connectivity index (χ1) is 13.1. The van der Waals surface area contributed by atoms with Gasteiger partial charge in [-0.2, -0.15) is 0 Å². The Bertz CT molecular complexity index is 1400. The number of benzene rings is 1. The summed E-state index contributed by atoms with van der Waals surface area (Å²) in [5, 5.41) is 2.61. The molecule has 0 radical (unpaired) electrons. The number of nitrogens with zero attached hydrogens (tertiary/aromatic N) is 3. The predicted octanol–water partition coefficient (Wildman–Crippen LogP) is 4.08. The second kappa shape index (κ2) is 5.92. The van der Waals surface area contributed by atoms with Crippen molar-refractivity contribution in [2.75, 3.05) is 5.73 Å². The number of rotatable bonds is 2. The Balaban J connectivity index is 1.94. The summed E-state index contributed by atoms with van der Waals surface area (Å²) in [7, 11) is 0. The molecule has 7 heteroatoms. The van der Waals surface area contributed by atoms with Gasteiger partial charge in [-0.15, -0.1) is 0 Å². The van der Waals surface area contributed by atoms with Crippen molar-refractivity contribution in [2.24, 2.45) is 0 Å². The summed E-state index contributed by atoms with van der Waals surface area (Å²) in [4.78, 5) is 21.1. The van der Waals surface area contributed by atoms with Crippen LogP contribution in [-0.2, 0) is 6.54 Å². The van der Waals surface area contributed by atoms with E-state index < -0.39 is 5.63 Å². The van der Waals surface area contributed by atoms with E-state index in [2.05, 4.69) is 25.9 Å². The molecule has 132 valence electrons. The molecule has 5 rings (SSSR count). The second-order valence-electron chi connectivity index (χ2n) is 6.31. The van der Waals surface area contributed by atoms with Gasteiger partial charge in [0.15, 0.2) is 0 Å². The van der Waals surface area contributed by atoms with Crippen LogP contribution in [0.4, 0.5) is 5.82 Å². The van der Waals surface area contributed by atoms with E-state index in [1.807, 2.05) is 41.0 Å². The van der Waals surface area contributed by atoms with E-state index in [4.69, 9.17) is 10.2 Å². The van der Waals surface area contributed by atoms with E-state index in [9.17, 15) is 4.79 Å². The average Bonchev–Trinajstić information content (AvgIpc) is 2.96. The number of pyridine rings is 2. The van der Waals surface area contributed by atoms with Gasteiger partial charge < -0.3 is 14.7 Å². The van der Waals surface area contributed by atoms with Crippen LogP contribution in [0.1, 0.15) is 5.56 Å². The molecule has 0 spiro atoms. The highest BCUT2D eigenvalue weighted by atomic mass is 79.9. The van der Waals surface area contributed by atoms with Crippen molar-refractivity contribution >= 4 is 54.7 Å². The van der Waals surface area contributed by atoms with E-state index in [1.165, 1.54) is 0 Å². The molecule has 0 amide bonds. The molecule has 2 N–H and O–H groups in total. The minimum Gasteiger partial charge on any atom is -0.402 e. The van der Waals surface area contributed by atoms with Crippen molar-refractivity contribution in [1.29, 1.82) is 0 Å². The highest BCUT2D eigenvalue weighted by molar-refractivity contribution is 9.10. The maximum absolute atomic E-state index is 12.8. The van der Waals surface area contributed by atoms with Crippen LogP contribution in [0, 0.1) is 0 Å². The van der Waals surface area contributed by atoms with Gasteiger partial charge in [0.2, 0.25) is 5.71 Å². The van der Waals surface area contributed by atoms with E-state index in [0.717, 1.165) is 31.7 Å². The van der Waals surface area contributed by atoms with Crippen molar-refractivity contribution in [1.82, 2.24) is 14.5 Å². The summed E-state index contributed by atoms with van der Waals surface area (Å²) in [6, 6.07) is 13.4. The maximum Gasteiger partial charge on any atom is 0.362 e. The molecule has 0 atom stereocenters. The van der Waals surface area contributed by atoms with Gasteiger partial charge in [0.1, 0.15) is 11.3 Å². The molecule has 0 bridgehead atoms. The normalized spacial score (nSPS) is 11.6. The smallest absolute Gasteiger partial charge is 0.362 e. The zero-order valence-corrected chi connectivity index (χ0v) is 15.6. The summed E-state index contributed by atoms with van der Waals surface area (Å²) in [5.74, 6) is 0.442. The fraction of sp³-hybridized carbons (Fsp3) is 0.0500. The molecule has 0 aliphatic heterocycles. The molecule has 5 aromatic rings. The molecule has 27 heavy (non-hydrogen) atoms. The van der Waals surface area contributed by atoms with E-state index in [0.29, 0.717) is 23.6 Å². The third-order valence-corrected chi connectivity index (χ3v) is 5.13. The molecule has 1 aromatic carbocycles. The van der Waals surface area contributed by atoms with Crippen molar-refractivity contribution in [2.45, 2.75) is 6.54 Å². The zero-order valence-electron chi connectivity index (χ0n) is 14.0. The van der Waals surface area contributed by atoms with Gasteiger partial charge in [-0.05, 0) is 48.0 Å². The quantitative estimate of drug-likeness (QED) is 0.464. The van der Waals surface area contributed by atoms with Crippen LogP contribution in [0.15, 0.2) is 68.5 Å². The van der Waals surface area contributed by atoms with Crippen LogP contribution in [-0.4, -0.2) is 14.5 Å². The van der Waals surface area contributed by atoms with Gasteiger partial charge in [-0.3, -0.25) is 0 Å². The summed E-state index contributed by atoms with van der Waals surface area (Å²) in [6.07, 6.45) is 3.28. The number of anilines is 1. The molecular formula is C20H13BrN4O2. The van der Waals surface area contributed by atoms with Crippen molar-refractivity contribution < 1.29 is 4.42 Å². The Labute approximate surface area is 161 Å². The fourth-order valence-corrected chi connectivity index (χ4v) is 3.91. The van der Waals surface area contributed by atoms with Crippen LogP contribution in [0.2, 0.25) is 0 Å². The molecular weight excluding hydrogens is 408 g/mol.